The number of allylic oxidation sites excluding steroid dienone is 3. The third kappa shape index (κ3) is 4.91. The average Bonchev–Trinajstić information content (AvgIpc) is 3.55. The van der Waals surface area contributed by atoms with Crippen LogP contribution in [0.5, 0.6) is 11.5 Å². The number of rotatable bonds is 7. The maximum Gasteiger partial charge on any atom is 0.337 e. The molecule has 2 aromatic rings. The number of ketones is 1. The van der Waals surface area contributed by atoms with Gasteiger partial charge >= 0.3 is 5.97 Å². The van der Waals surface area contributed by atoms with Crippen LogP contribution in [0.4, 0.5) is 0 Å². The van der Waals surface area contributed by atoms with E-state index in [4.69, 9.17) is 18.6 Å². The molecule has 0 radical (unpaired) electrons. The Hall–Kier alpha value is -3.48. The first-order valence-electron chi connectivity index (χ1n) is 13.2. The van der Waals surface area contributed by atoms with Crippen molar-refractivity contribution in [1.82, 2.24) is 5.32 Å². The largest absolute Gasteiger partial charge is 0.493 e. The third-order valence-corrected chi connectivity index (χ3v) is 7.63. The Labute approximate surface area is 217 Å². The minimum absolute atomic E-state index is 0.00400. The van der Waals surface area contributed by atoms with Crippen molar-refractivity contribution in [3.05, 3.63) is 70.0 Å². The Balaban J connectivity index is 1.49. The molecule has 0 saturated heterocycles. The number of carbonyl (C=O) groups excluding carboxylic acids is 2. The molecule has 1 aromatic carbocycles. The van der Waals surface area contributed by atoms with Gasteiger partial charge in [-0.1, -0.05) is 6.07 Å². The second-order valence-corrected chi connectivity index (χ2v) is 10.1. The number of hydrogen-bond donors (Lipinski definition) is 1. The van der Waals surface area contributed by atoms with Crippen molar-refractivity contribution < 1.29 is 28.2 Å². The summed E-state index contributed by atoms with van der Waals surface area (Å²) in [5, 5.41) is 3.41. The molecule has 7 nitrogen and oxygen atoms in total. The highest BCUT2D eigenvalue weighted by molar-refractivity contribution is 6.04. The number of nitrogens with one attached hydrogen (secondary N) is 1. The SMILES string of the molecule is CCOc1ccc([C@@H]2CC(=O)C3=C(C2)NC(C)=C(C(=O)OC2CCCC2)[C@@H]3c2ccc(C)o2)cc1OC. The molecule has 1 N–H and O–H groups in total. The lowest BCUT2D eigenvalue weighted by molar-refractivity contribution is -0.144. The van der Waals surface area contributed by atoms with Crippen LogP contribution in [-0.4, -0.2) is 31.6 Å². The molecule has 0 unspecified atom stereocenters. The zero-order chi connectivity index (χ0) is 26.1. The molecule has 1 saturated carbocycles. The van der Waals surface area contributed by atoms with E-state index < -0.39 is 5.92 Å². The van der Waals surface area contributed by atoms with Gasteiger partial charge in [0.25, 0.3) is 0 Å². The van der Waals surface area contributed by atoms with Crippen LogP contribution in [0.15, 0.2) is 57.3 Å². The predicted octanol–water partition coefficient (Wildman–Crippen LogP) is 5.84. The van der Waals surface area contributed by atoms with Gasteiger partial charge in [0, 0.05) is 23.4 Å². The molecule has 2 atom stereocenters. The number of methoxy groups -OCH3 is 1. The molecule has 0 amide bonds. The van der Waals surface area contributed by atoms with Gasteiger partial charge in [-0.25, -0.2) is 4.79 Å². The van der Waals surface area contributed by atoms with Crippen LogP contribution in [0, 0.1) is 6.92 Å². The van der Waals surface area contributed by atoms with Crippen molar-refractivity contribution in [1.29, 1.82) is 0 Å². The smallest absolute Gasteiger partial charge is 0.337 e. The highest BCUT2D eigenvalue weighted by Gasteiger charge is 2.43. The van der Waals surface area contributed by atoms with Gasteiger partial charge in [0.15, 0.2) is 17.3 Å². The quantitative estimate of drug-likeness (QED) is 0.473. The van der Waals surface area contributed by atoms with Crippen LogP contribution in [0.25, 0.3) is 0 Å². The number of esters is 1. The van der Waals surface area contributed by atoms with Crippen LogP contribution in [0.3, 0.4) is 0 Å². The zero-order valence-corrected chi connectivity index (χ0v) is 22.0. The summed E-state index contributed by atoms with van der Waals surface area (Å²) in [6, 6.07) is 9.59. The molecule has 3 aliphatic rings. The van der Waals surface area contributed by atoms with E-state index in [2.05, 4.69) is 5.32 Å². The standard InChI is InChI=1S/C30H35NO6/c1-5-35-24-13-11-19(16-26(24)34-4)20-14-22-28(23(32)15-20)29(25-12-10-17(2)36-25)27(18(3)31-22)30(33)37-21-8-6-7-9-21/h10-13,16,20-21,29,31H,5-9,14-15H2,1-4H3/t20-,29-/m0/s1. The Morgan fingerprint density at radius 3 is 2.54 bits per heavy atom. The number of dihydropyridines is 1. The summed E-state index contributed by atoms with van der Waals surface area (Å²) >= 11 is 0. The predicted molar refractivity (Wildman–Crippen MR) is 139 cm³/mol. The minimum Gasteiger partial charge on any atom is -0.493 e. The van der Waals surface area contributed by atoms with Crippen LogP contribution >= 0.6 is 0 Å². The molecule has 1 fully saturated rings. The van der Waals surface area contributed by atoms with Crippen LogP contribution in [-0.2, 0) is 14.3 Å². The number of Topliss-reactive ketones (excluding diaryl/α,β-unsaturated/α-hetero) is 1. The van der Waals surface area contributed by atoms with Gasteiger partial charge in [-0.15, -0.1) is 0 Å². The molecule has 2 heterocycles. The van der Waals surface area contributed by atoms with Crippen molar-refractivity contribution in [2.24, 2.45) is 0 Å². The van der Waals surface area contributed by atoms with E-state index >= 15 is 0 Å². The number of aryl methyl sites for hydroxylation is 1. The van der Waals surface area contributed by atoms with E-state index in [0.29, 0.717) is 53.6 Å². The van der Waals surface area contributed by atoms with Crippen molar-refractivity contribution in [2.45, 2.75) is 77.2 Å². The Kier molecular flexibility index (Phi) is 7.13. The fraction of sp³-hybridized carbons (Fsp3) is 0.467. The number of furan rings is 1. The van der Waals surface area contributed by atoms with Crippen molar-refractivity contribution in [3.8, 4) is 11.5 Å². The van der Waals surface area contributed by atoms with E-state index in [-0.39, 0.29) is 23.8 Å². The molecule has 7 heteroatoms. The van der Waals surface area contributed by atoms with Crippen molar-refractivity contribution in [2.75, 3.05) is 13.7 Å². The third-order valence-electron chi connectivity index (χ3n) is 7.63. The molecular weight excluding hydrogens is 470 g/mol. The Bertz CT molecular complexity index is 1260. The van der Waals surface area contributed by atoms with E-state index in [1.807, 2.05) is 51.1 Å². The summed E-state index contributed by atoms with van der Waals surface area (Å²) < 4.78 is 23.1. The van der Waals surface area contributed by atoms with E-state index in [1.54, 1.807) is 7.11 Å². The minimum atomic E-state index is -0.581. The highest BCUT2D eigenvalue weighted by atomic mass is 16.5. The lowest BCUT2D eigenvalue weighted by atomic mass is 9.73. The van der Waals surface area contributed by atoms with Crippen LogP contribution < -0.4 is 14.8 Å². The molecule has 5 rings (SSSR count). The molecule has 1 aromatic heterocycles. The zero-order valence-electron chi connectivity index (χ0n) is 22.0. The summed E-state index contributed by atoms with van der Waals surface area (Å²) in [5.41, 5.74) is 3.63. The maximum atomic E-state index is 13.8. The number of hydrogen-bond acceptors (Lipinski definition) is 7. The van der Waals surface area contributed by atoms with Gasteiger partial charge in [0.1, 0.15) is 17.6 Å². The normalized spacial score (nSPS) is 22.1. The first kappa shape index (κ1) is 25.2. The van der Waals surface area contributed by atoms with Crippen LogP contribution in [0.1, 0.15) is 81.3 Å². The summed E-state index contributed by atoms with van der Waals surface area (Å²) in [7, 11) is 1.62. The lowest BCUT2D eigenvalue weighted by Crippen LogP contribution is -2.36. The van der Waals surface area contributed by atoms with Crippen molar-refractivity contribution in [3.63, 3.8) is 0 Å². The van der Waals surface area contributed by atoms with Gasteiger partial charge in [0.2, 0.25) is 0 Å². The van der Waals surface area contributed by atoms with E-state index in [9.17, 15) is 9.59 Å². The van der Waals surface area contributed by atoms with E-state index in [0.717, 1.165) is 42.7 Å². The highest BCUT2D eigenvalue weighted by Crippen LogP contribution is 2.47. The van der Waals surface area contributed by atoms with Gasteiger partial charge in [-0.3, -0.25) is 4.79 Å². The van der Waals surface area contributed by atoms with Gasteiger partial charge in [0.05, 0.1) is 25.2 Å². The molecule has 37 heavy (non-hydrogen) atoms. The summed E-state index contributed by atoms with van der Waals surface area (Å²) in [6.07, 6.45) is 4.81. The Morgan fingerprint density at radius 1 is 1.08 bits per heavy atom. The fourth-order valence-electron chi connectivity index (χ4n) is 5.87. The second-order valence-electron chi connectivity index (χ2n) is 10.1. The van der Waals surface area contributed by atoms with E-state index in [1.165, 1.54) is 0 Å². The lowest BCUT2D eigenvalue weighted by Gasteiger charge is -2.36. The molecule has 0 spiro atoms. The van der Waals surface area contributed by atoms with Gasteiger partial charge in [-0.05, 0) is 88.6 Å². The first-order valence-corrected chi connectivity index (χ1v) is 13.2. The molecule has 2 aliphatic carbocycles. The summed E-state index contributed by atoms with van der Waals surface area (Å²) in [4.78, 5) is 27.2. The first-order chi connectivity index (χ1) is 17.9. The topological polar surface area (TPSA) is 87.0 Å². The fourth-order valence-corrected chi connectivity index (χ4v) is 5.87. The van der Waals surface area contributed by atoms with Crippen molar-refractivity contribution >= 4 is 11.8 Å². The molecule has 1 aliphatic heterocycles. The van der Waals surface area contributed by atoms with Gasteiger partial charge in [-0.2, -0.15) is 0 Å². The number of carbonyl (C=O) groups is 2. The Morgan fingerprint density at radius 2 is 1.86 bits per heavy atom. The molecule has 0 bridgehead atoms. The second kappa shape index (κ2) is 10.5. The number of benzene rings is 1. The van der Waals surface area contributed by atoms with Crippen LogP contribution in [0.2, 0.25) is 0 Å². The summed E-state index contributed by atoms with van der Waals surface area (Å²) in [6.45, 7) is 6.22. The number of ether oxygens (including phenoxy) is 3. The average molecular weight is 506 g/mol. The monoisotopic (exact) mass is 505 g/mol. The maximum absolute atomic E-state index is 13.8. The summed E-state index contributed by atoms with van der Waals surface area (Å²) in [5.74, 6) is 1.70. The molecule has 196 valence electrons. The van der Waals surface area contributed by atoms with Gasteiger partial charge < -0.3 is 23.9 Å². The molecular formula is C30H35NO6.